The van der Waals surface area contributed by atoms with E-state index in [1.165, 1.54) is 26.4 Å². The first-order valence-electron chi connectivity index (χ1n) is 7.78. The first-order chi connectivity index (χ1) is 9.50. The SMILES string of the molecule is COC(=O)C1C(=O)C[C@@]2(C)CCC3(CCCCC3)[C@@H]1O2. The third-order valence-electron chi connectivity index (χ3n) is 5.67. The molecular formula is C16H24O4. The van der Waals surface area contributed by atoms with Crippen molar-refractivity contribution in [2.24, 2.45) is 11.3 Å². The summed E-state index contributed by atoms with van der Waals surface area (Å²) in [5, 5.41) is 0. The third kappa shape index (κ3) is 2.09. The Morgan fingerprint density at radius 3 is 2.55 bits per heavy atom. The minimum absolute atomic E-state index is 0.0141. The largest absolute Gasteiger partial charge is 0.468 e. The highest BCUT2D eigenvalue weighted by Gasteiger charge is 2.59. The number of carbonyl (C=O) groups is 2. The monoisotopic (exact) mass is 280 g/mol. The second-order valence-electron chi connectivity index (χ2n) is 7.06. The number of carbonyl (C=O) groups excluding carboxylic acids is 2. The molecule has 3 fully saturated rings. The Labute approximate surface area is 120 Å². The first kappa shape index (κ1) is 14.1. The van der Waals surface area contributed by atoms with E-state index in [1.807, 2.05) is 6.92 Å². The molecule has 4 nitrogen and oxygen atoms in total. The van der Waals surface area contributed by atoms with Crippen molar-refractivity contribution in [2.45, 2.75) is 70.0 Å². The number of hydrogen-bond acceptors (Lipinski definition) is 4. The van der Waals surface area contributed by atoms with E-state index in [9.17, 15) is 9.59 Å². The third-order valence-corrected chi connectivity index (χ3v) is 5.67. The highest BCUT2D eigenvalue weighted by molar-refractivity contribution is 6.00. The van der Waals surface area contributed by atoms with Crippen molar-refractivity contribution in [3.8, 4) is 0 Å². The van der Waals surface area contributed by atoms with Crippen molar-refractivity contribution in [3.63, 3.8) is 0 Å². The molecular weight excluding hydrogens is 256 g/mol. The molecule has 0 aromatic rings. The summed E-state index contributed by atoms with van der Waals surface area (Å²) in [5.41, 5.74) is -0.346. The molecule has 2 bridgehead atoms. The van der Waals surface area contributed by atoms with E-state index in [4.69, 9.17) is 9.47 Å². The molecule has 2 heterocycles. The zero-order chi connectivity index (χ0) is 14.4. The van der Waals surface area contributed by atoms with Crippen molar-refractivity contribution in [2.75, 3.05) is 7.11 Å². The molecule has 0 N–H and O–H groups in total. The van der Waals surface area contributed by atoms with Gasteiger partial charge in [0.1, 0.15) is 5.92 Å². The van der Waals surface area contributed by atoms with Crippen LogP contribution < -0.4 is 0 Å². The molecule has 1 saturated carbocycles. The molecule has 4 heteroatoms. The molecule has 3 rings (SSSR count). The van der Waals surface area contributed by atoms with Gasteiger partial charge in [-0.05, 0) is 38.0 Å². The molecule has 0 radical (unpaired) electrons. The quantitative estimate of drug-likeness (QED) is 0.547. The fourth-order valence-electron chi connectivity index (χ4n) is 4.52. The molecule has 20 heavy (non-hydrogen) atoms. The van der Waals surface area contributed by atoms with Crippen molar-refractivity contribution < 1.29 is 19.1 Å². The number of hydrogen-bond donors (Lipinski definition) is 0. The first-order valence-corrected chi connectivity index (χ1v) is 7.78. The van der Waals surface area contributed by atoms with Crippen molar-refractivity contribution in [1.29, 1.82) is 0 Å². The van der Waals surface area contributed by atoms with E-state index in [-0.39, 0.29) is 22.9 Å². The van der Waals surface area contributed by atoms with Gasteiger partial charge >= 0.3 is 5.97 Å². The standard InChI is InChI=1S/C16H24O4/c1-15-8-9-16(6-4-3-5-7-16)13(20-15)12(11(17)10-15)14(18)19-2/h12-13H,3-10H2,1-2H3/t12?,13-,15-/m1/s1. The molecule has 0 amide bonds. The maximum atomic E-state index is 12.5. The molecule has 3 atom stereocenters. The Hall–Kier alpha value is -0.900. The Bertz CT molecular complexity index is 424. The predicted molar refractivity (Wildman–Crippen MR) is 73.2 cm³/mol. The zero-order valence-corrected chi connectivity index (χ0v) is 12.4. The lowest BCUT2D eigenvalue weighted by molar-refractivity contribution is -0.232. The molecule has 0 aromatic heterocycles. The molecule has 2 saturated heterocycles. The normalized spacial score (nSPS) is 39.6. The van der Waals surface area contributed by atoms with Crippen LogP contribution in [0.1, 0.15) is 58.3 Å². The highest BCUT2D eigenvalue weighted by atomic mass is 16.5. The van der Waals surface area contributed by atoms with Crippen LogP contribution in [0.3, 0.4) is 0 Å². The number of ketones is 1. The van der Waals surface area contributed by atoms with E-state index in [1.54, 1.807) is 0 Å². The summed E-state index contributed by atoms with van der Waals surface area (Å²) >= 11 is 0. The maximum absolute atomic E-state index is 12.5. The van der Waals surface area contributed by atoms with Crippen LogP contribution >= 0.6 is 0 Å². The molecule has 1 aliphatic carbocycles. The lowest BCUT2D eigenvalue weighted by atomic mass is 9.58. The number of fused-ring (bicyclic) bond motifs is 3. The van der Waals surface area contributed by atoms with Gasteiger partial charge in [-0.2, -0.15) is 0 Å². The Morgan fingerprint density at radius 1 is 1.20 bits per heavy atom. The second kappa shape index (κ2) is 4.83. The molecule has 0 aromatic carbocycles. The topological polar surface area (TPSA) is 52.6 Å². The smallest absolute Gasteiger partial charge is 0.318 e. The predicted octanol–water partition coefficient (Wildman–Crippen LogP) is 2.64. The van der Waals surface area contributed by atoms with Crippen LogP contribution in [0.5, 0.6) is 0 Å². The highest BCUT2D eigenvalue weighted by Crippen LogP contribution is 2.55. The molecule has 112 valence electrons. The van der Waals surface area contributed by atoms with E-state index in [0.717, 1.165) is 25.7 Å². The fourth-order valence-corrected chi connectivity index (χ4v) is 4.52. The Balaban J connectivity index is 1.95. The maximum Gasteiger partial charge on any atom is 0.318 e. The van der Waals surface area contributed by atoms with Gasteiger partial charge in [0, 0.05) is 6.42 Å². The summed E-state index contributed by atoms with van der Waals surface area (Å²) in [6.45, 7) is 2.01. The van der Waals surface area contributed by atoms with Crippen molar-refractivity contribution in [1.82, 2.24) is 0 Å². The van der Waals surface area contributed by atoms with E-state index >= 15 is 0 Å². The average Bonchev–Trinajstić information content (AvgIpc) is 2.44. The minimum atomic E-state index is -0.702. The zero-order valence-electron chi connectivity index (χ0n) is 12.4. The van der Waals surface area contributed by atoms with Gasteiger partial charge in [-0.1, -0.05) is 19.3 Å². The lowest BCUT2D eigenvalue weighted by Crippen LogP contribution is -2.61. The van der Waals surface area contributed by atoms with Gasteiger partial charge < -0.3 is 9.47 Å². The number of rotatable bonds is 1. The van der Waals surface area contributed by atoms with Gasteiger partial charge in [0.25, 0.3) is 0 Å². The number of ether oxygens (including phenoxy) is 2. The summed E-state index contributed by atoms with van der Waals surface area (Å²) < 4.78 is 11.2. The summed E-state index contributed by atoms with van der Waals surface area (Å²) in [5.74, 6) is -1.10. The molecule has 1 spiro atoms. The minimum Gasteiger partial charge on any atom is -0.468 e. The van der Waals surface area contributed by atoms with Crippen LogP contribution in [0.4, 0.5) is 0 Å². The van der Waals surface area contributed by atoms with Gasteiger partial charge in [-0.25, -0.2) is 0 Å². The van der Waals surface area contributed by atoms with E-state index < -0.39 is 11.9 Å². The Morgan fingerprint density at radius 2 is 1.90 bits per heavy atom. The summed E-state index contributed by atoms with van der Waals surface area (Å²) in [7, 11) is 1.36. The molecule has 1 unspecified atom stereocenters. The summed E-state index contributed by atoms with van der Waals surface area (Å²) in [4.78, 5) is 24.5. The van der Waals surface area contributed by atoms with Crippen LogP contribution in [0.15, 0.2) is 0 Å². The average molecular weight is 280 g/mol. The number of esters is 1. The molecule has 2 aliphatic heterocycles. The van der Waals surface area contributed by atoms with Gasteiger partial charge in [-0.3, -0.25) is 9.59 Å². The van der Waals surface area contributed by atoms with Gasteiger partial charge in [0.2, 0.25) is 0 Å². The van der Waals surface area contributed by atoms with Crippen LogP contribution in [-0.4, -0.2) is 30.6 Å². The van der Waals surface area contributed by atoms with Crippen LogP contribution in [0, 0.1) is 11.3 Å². The lowest BCUT2D eigenvalue weighted by Gasteiger charge is -2.56. The second-order valence-corrected chi connectivity index (χ2v) is 7.06. The molecule has 3 aliphatic rings. The van der Waals surface area contributed by atoms with Crippen molar-refractivity contribution >= 4 is 11.8 Å². The summed E-state index contributed by atoms with van der Waals surface area (Å²) in [6, 6.07) is 0. The van der Waals surface area contributed by atoms with Crippen LogP contribution in [0.2, 0.25) is 0 Å². The van der Waals surface area contributed by atoms with E-state index in [2.05, 4.69) is 0 Å². The van der Waals surface area contributed by atoms with E-state index in [0.29, 0.717) is 6.42 Å². The number of Topliss-reactive ketones (excluding diaryl/α,β-unsaturated/α-hetero) is 1. The summed E-state index contributed by atoms with van der Waals surface area (Å²) in [6.07, 6.45) is 7.86. The van der Waals surface area contributed by atoms with Crippen LogP contribution in [0.25, 0.3) is 0 Å². The van der Waals surface area contributed by atoms with Gasteiger partial charge in [-0.15, -0.1) is 0 Å². The van der Waals surface area contributed by atoms with Gasteiger partial charge in [0.15, 0.2) is 5.78 Å². The van der Waals surface area contributed by atoms with Gasteiger partial charge in [0.05, 0.1) is 18.8 Å². The Kier molecular flexibility index (Phi) is 3.39. The van der Waals surface area contributed by atoms with Crippen LogP contribution in [-0.2, 0) is 19.1 Å². The number of methoxy groups -OCH3 is 1. The van der Waals surface area contributed by atoms with Crippen molar-refractivity contribution in [3.05, 3.63) is 0 Å². The fraction of sp³-hybridized carbons (Fsp3) is 0.875.